The van der Waals surface area contributed by atoms with Crippen molar-refractivity contribution in [1.29, 1.82) is 0 Å². The molecule has 2 aromatic rings. The average Bonchev–Trinajstić information content (AvgIpc) is 2.55. The number of aryl methyl sites for hydroxylation is 1. The van der Waals surface area contributed by atoms with Crippen LogP contribution < -0.4 is 5.32 Å². The van der Waals surface area contributed by atoms with Crippen LogP contribution >= 0.6 is 0 Å². The van der Waals surface area contributed by atoms with Gasteiger partial charge in [-0.2, -0.15) is 0 Å². The lowest BCUT2D eigenvalue weighted by molar-refractivity contribution is -0.385. The van der Waals surface area contributed by atoms with E-state index in [1.54, 1.807) is 19.1 Å². The Morgan fingerprint density at radius 2 is 1.88 bits per heavy atom. The first-order valence-electron chi connectivity index (χ1n) is 7.01. The molecular formula is C15H14N4O5. The molecule has 1 aromatic carbocycles. The topological polar surface area (TPSA) is 128 Å². The summed E-state index contributed by atoms with van der Waals surface area (Å²) >= 11 is 0. The van der Waals surface area contributed by atoms with Crippen molar-refractivity contribution < 1.29 is 14.6 Å². The van der Waals surface area contributed by atoms with Gasteiger partial charge in [-0.1, -0.05) is 12.1 Å². The Hall–Kier alpha value is -3.36. The first-order chi connectivity index (χ1) is 11.4. The van der Waals surface area contributed by atoms with Crippen LogP contribution in [0.2, 0.25) is 0 Å². The van der Waals surface area contributed by atoms with Crippen molar-refractivity contribution >= 4 is 17.3 Å². The zero-order chi connectivity index (χ0) is 17.7. The minimum atomic E-state index is -0.619. The van der Waals surface area contributed by atoms with Gasteiger partial charge in [0.25, 0.3) is 17.3 Å². The molecule has 9 nitrogen and oxygen atoms in total. The summed E-state index contributed by atoms with van der Waals surface area (Å²) in [5.41, 5.74) is 0.942. The number of hydrogen-bond acceptors (Lipinski definition) is 6. The predicted molar refractivity (Wildman–Crippen MR) is 84.8 cm³/mol. The van der Waals surface area contributed by atoms with Crippen LogP contribution in [-0.4, -0.2) is 27.3 Å². The van der Waals surface area contributed by atoms with Crippen LogP contribution in [0.1, 0.15) is 21.6 Å². The minimum absolute atomic E-state index is 0.0162. The molecule has 0 aliphatic rings. The average molecular weight is 330 g/mol. The van der Waals surface area contributed by atoms with Crippen molar-refractivity contribution in [3.63, 3.8) is 0 Å². The van der Waals surface area contributed by atoms with Crippen molar-refractivity contribution in [3.05, 3.63) is 73.6 Å². The first-order valence-corrected chi connectivity index (χ1v) is 7.01. The summed E-state index contributed by atoms with van der Waals surface area (Å²) in [4.78, 5) is 36.3. The third kappa shape index (κ3) is 4.09. The molecule has 0 bridgehead atoms. The predicted octanol–water partition coefficient (Wildman–Crippen LogP) is 2.18. The Morgan fingerprint density at radius 1 is 1.17 bits per heavy atom. The highest BCUT2D eigenvalue weighted by molar-refractivity contribution is 5.95. The number of nitrogens with zero attached hydrogens (tertiary/aromatic N) is 3. The number of non-ortho nitro benzene ring substituents is 1. The molecule has 0 spiro atoms. The lowest BCUT2D eigenvalue weighted by atomic mass is 10.1. The normalized spacial score (nSPS) is 10.2. The van der Waals surface area contributed by atoms with E-state index in [-0.39, 0.29) is 23.5 Å². The molecule has 1 amide bonds. The highest BCUT2D eigenvalue weighted by Gasteiger charge is 2.15. The summed E-state index contributed by atoms with van der Waals surface area (Å²) in [7, 11) is 0. The lowest BCUT2D eigenvalue weighted by Crippen LogP contribution is -2.26. The van der Waals surface area contributed by atoms with Crippen LogP contribution in [0.15, 0.2) is 36.5 Å². The van der Waals surface area contributed by atoms with Crippen molar-refractivity contribution in [2.24, 2.45) is 0 Å². The smallest absolute Gasteiger partial charge is 0.288 e. The van der Waals surface area contributed by atoms with Crippen molar-refractivity contribution in [2.75, 3.05) is 6.54 Å². The van der Waals surface area contributed by atoms with Crippen molar-refractivity contribution in [2.45, 2.75) is 13.3 Å². The molecule has 0 aliphatic carbocycles. The van der Waals surface area contributed by atoms with Gasteiger partial charge < -0.3 is 5.32 Å². The van der Waals surface area contributed by atoms with E-state index in [2.05, 4.69) is 10.3 Å². The van der Waals surface area contributed by atoms with Gasteiger partial charge in [0, 0.05) is 24.7 Å². The lowest BCUT2D eigenvalue weighted by Gasteiger charge is -2.07. The number of carbonyl (C=O) groups excluding carboxylic acids is 1. The Kier molecular flexibility index (Phi) is 5.15. The minimum Gasteiger partial charge on any atom is -0.352 e. The van der Waals surface area contributed by atoms with Crippen molar-refractivity contribution in [1.82, 2.24) is 10.3 Å². The standard InChI is InChI=1S/C15H14N4O5/c1-10-14(8-13(9-17-10)19(23)24)15(20)16-6-5-11-3-2-4-12(7-11)18(21)22/h2-4,7-9H,5-6H2,1H3,(H,16,20). The molecule has 0 aliphatic heterocycles. The quantitative estimate of drug-likeness (QED) is 0.638. The van der Waals surface area contributed by atoms with Gasteiger partial charge in [-0.3, -0.25) is 30.0 Å². The summed E-state index contributed by atoms with van der Waals surface area (Å²) in [6.45, 7) is 1.82. The van der Waals surface area contributed by atoms with Gasteiger partial charge in [-0.05, 0) is 18.9 Å². The van der Waals surface area contributed by atoms with Crippen LogP contribution in [-0.2, 0) is 6.42 Å². The van der Waals surface area contributed by atoms with Gasteiger partial charge in [0.15, 0.2) is 0 Å². The van der Waals surface area contributed by atoms with Gasteiger partial charge in [-0.25, -0.2) is 0 Å². The fraction of sp³-hybridized carbons (Fsp3) is 0.200. The van der Waals surface area contributed by atoms with Crippen LogP contribution in [0.25, 0.3) is 0 Å². The molecule has 1 heterocycles. The van der Waals surface area contributed by atoms with Crippen LogP contribution in [0.5, 0.6) is 0 Å². The molecule has 0 saturated carbocycles. The number of rotatable bonds is 6. The Morgan fingerprint density at radius 3 is 2.54 bits per heavy atom. The monoisotopic (exact) mass is 330 g/mol. The third-order valence-corrected chi connectivity index (χ3v) is 3.35. The van der Waals surface area contributed by atoms with Crippen LogP contribution in [0.4, 0.5) is 11.4 Å². The number of nitro groups is 2. The fourth-order valence-electron chi connectivity index (χ4n) is 2.09. The number of amides is 1. The van der Waals surface area contributed by atoms with Gasteiger partial charge in [0.2, 0.25) is 0 Å². The van der Waals surface area contributed by atoms with Gasteiger partial charge in [0.05, 0.1) is 21.1 Å². The summed E-state index contributed by atoms with van der Waals surface area (Å²) in [5.74, 6) is -0.478. The number of hydrogen-bond donors (Lipinski definition) is 1. The molecule has 0 unspecified atom stereocenters. The van der Waals surface area contributed by atoms with Crippen LogP contribution in [0, 0.1) is 27.2 Å². The van der Waals surface area contributed by atoms with E-state index in [1.807, 2.05) is 0 Å². The number of nitrogens with one attached hydrogen (secondary N) is 1. The zero-order valence-corrected chi connectivity index (χ0v) is 12.8. The number of pyridine rings is 1. The zero-order valence-electron chi connectivity index (χ0n) is 12.8. The van der Waals surface area contributed by atoms with E-state index in [9.17, 15) is 25.0 Å². The second-order valence-corrected chi connectivity index (χ2v) is 5.02. The fourth-order valence-corrected chi connectivity index (χ4v) is 2.09. The highest BCUT2D eigenvalue weighted by Crippen LogP contribution is 2.15. The largest absolute Gasteiger partial charge is 0.352 e. The van der Waals surface area contributed by atoms with E-state index in [0.717, 1.165) is 6.20 Å². The maximum absolute atomic E-state index is 12.1. The molecule has 0 radical (unpaired) electrons. The van der Waals surface area contributed by atoms with Gasteiger partial charge >= 0.3 is 0 Å². The van der Waals surface area contributed by atoms with Gasteiger partial charge in [0.1, 0.15) is 6.20 Å². The molecular weight excluding hydrogens is 316 g/mol. The Balaban J connectivity index is 2.01. The van der Waals surface area contributed by atoms with E-state index >= 15 is 0 Å². The summed E-state index contributed by atoms with van der Waals surface area (Å²) in [6.07, 6.45) is 1.49. The number of carbonyl (C=O) groups is 1. The number of benzene rings is 1. The molecule has 1 aromatic heterocycles. The summed E-state index contributed by atoms with van der Waals surface area (Å²) in [6, 6.07) is 7.29. The second kappa shape index (κ2) is 7.27. The van der Waals surface area contributed by atoms with Crippen LogP contribution in [0.3, 0.4) is 0 Å². The first kappa shape index (κ1) is 17.0. The van der Waals surface area contributed by atoms with E-state index in [0.29, 0.717) is 17.7 Å². The van der Waals surface area contributed by atoms with Gasteiger partial charge in [-0.15, -0.1) is 0 Å². The maximum Gasteiger partial charge on any atom is 0.288 e. The summed E-state index contributed by atoms with van der Waals surface area (Å²) < 4.78 is 0. The third-order valence-electron chi connectivity index (χ3n) is 3.35. The molecule has 2 rings (SSSR count). The Labute approximate surface area is 136 Å². The summed E-state index contributed by atoms with van der Waals surface area (Å²) in [5, 5.41) is 24.1. The Bertz CT molecular complexity index is 806. The van der Waals surface area contributed by atoms with E-state index < -0.39 is 15.8 Å². The van der Waals surface area contributed by atoms with Crippen molar-refractivity contribution in [3.8, 4) is 0 Å². The van der Waals surface area contributed by atoms with E-state index in [4.69, 9.17) is 0 Å². The van der Waals surface area contributed by atoms with E-state index in [1.165, 1.54) is 18.2 Å². The molecule has 0 saturated heterocycles. The molecule has 24 heavy (non-hydrogen) atoms. The second-order valence-electron chi connectivity index (χ2n) is 5.02. The molecule has 124 valence electrons. The molecule has 0 atom stereocenters. The highest BCUT2D eigenvalue weighted by atomic mass is 16.6. The SMILES string of the molecule is Cc1ncc([N+](=O)[O-])cc1C(=O)NCCc1cccc([N+](=O)[O-])c1. The maximum atomic E-state index is 12.1. The molecule has 1 N–H and O–H groups in total. The number of aromatic nitrogens is 1. The number of nitro benzene ring substituents is 1. The molecule has 9 heteroatoms. The molecule has 0 fully saturated rings.